The molecule has 0 aromatic heterocycles. The molecule has 1 heterocycles. The number of nitrogens with zero attached hydrogens (tertiary/aromatic N) is 1. The van der Waals surface area contributed by atoms with Gasteiger partial charge < -0.3 is 10.6 Å². The van der Waals surface area contributed by atoms with Gasteiger partial charge in [-0.3, -0.25) is 0 Å². The van der Waals surface area contributed by atoms with Gasteiger partial charge in [-0.2, -0.15) is 0 Å². The molecule has 1 unspecified atom stereocenters. The number of hydrogen-bond acceptors (Lipinski definition) is 2. The van der Waals surface area contributed by atoms with E-state index in [9.17, 15) is 0 Å². The molecule has 2 N–H and O–H groups in total. The van der Waals surface area contributed by atoms with Crippen LogP contribution >= 0.6 is 0 Å². The fraction of sp³-hybridized carbons (Fsp3) is 0.647. The maximum atomic E-state index is 6.09. The number of nitrogens with two attached hydrogens (primary N) is 1. The van der Waals surface area contributed by atoms with Crippen molar-refractivity contribution in [1.29, 1.82) is 0 Å². The van der Waals surface area contributed by atoms with Gasteiger partial charge in [-0.05, 0) is 43.4 Å². The fourth-order valence-electron chi connectivity index (χ4n) is 3.09. The van der Waals surface area contributed by atoms with Gasteiger partial charge in [0.1, 0.15) is 0 Å². The zero-order valence-electron chi connectivity index (χ0n) is 12.4. The lowest BCUT2D eigenvalue weighted by Crippen LogP contribution is -2.34. The highest BCUT2D eigenvalue weighted by atomic mass is 15.2. The van der Waals surface area contributed by atoms with E-state index in [1.165, 1.54) is 49.9 Å². The molecule has 106 valence electrons. The Balaban J connectivity index is 2.14. The van der Waals surface area contributed by atoms with Crippen molar-refractivity contribution < 1.29 is 0 Å². The molecular formula is C17H28N2. The topological polar surface area (TPSA) is 29.3 Å². The summed E-state index contributed by atoms with van der Waals surface area (Å²) in [4.78, 5) is 2.61. The highest BCUT2D eigenvalue weighted by molar-refractivity contribution is 5.49. The summed E-state index contributed by atoms with van der Waals surface area (Å²) in [6.45, 7) is 5.66. The molecule has 19 heavy (non-hydrogen) atoms. The first-order valence-corrected chi connectivity index (χ1v) is 7.88. The molecular weight excluding hydrogens is 232 g/mol. The molecule has 1 aromatic carbocycles. The summed E-state index contributed by atoms with van der Waals surface area (Å²) in [5, 5.41) is 0. The van der Waals surface area contributed by atoms with E-state index in [1.54, 1.807) is 0 Å². The maximum absolute atomic E-state index is 6.09. The van der Waals surface area contributed by atoms with Gasteiger partial charge in [0.2, 0.25) is 0 Å². The van der Waals surface area contributed by atoms with Crippen LogP contribution in [0.15, 0.2) is 24.3 Å². The second-order valence-corrected chi connectivity index (χ2v) is 5.71. The summed E-state index contributed by atoms with van der Waals surface area (Å²) in [5.41, 5.74) is 8.72. The molecule has 0 saturated carbocycles. The monoisotopic (exact) mass is 260 g/mol. The van der Waals surface area contributed by atoms with Crippen molar-refractivity contribution in [1.82, 2.24) is 0 Å². The van der Waals surface area contributed by atoms with Gasteiger partial charge in [-0.1, -0.05) is 38.8 Å². The zero-order valence-corrected chi connectivity index (χ0v) is 12.4. The summed E-state index contributed by atoms with van der Waals surface area (Å²) in [5.74, 6) is 0. The highest BCUT2D eigenvalue weighted by Gasteiger charge is 2.19. The smallest absolute Gasteiger partial charge is 0.0368 e. The van der Waals surface area contributed by atoms with Gasteiger partial charge in [0.25, 0.3) is 0 Å². The summed E-state index contributed by atoms with van der Waals surface area (Å²) in [6.07, 6.45) is 7.68. The third kappa shape index (κ3) is 3.50. The molecule has 0 spiro atoms. The Kier molecular flexibility index (Phi) is 5.26. The van der Waals surface area contributed by atoms with Crippen LogP contribution in [0.2, 0.25) is 0 Å². The molecule has 1 aromatic rings. The minimum atomic E-state index is 0.181. The van der Waals surface area contributed by atoms with Crippen LogP contribution in [-0.4, -0.2) is 12.6 Å². The number of benzene rings is 1. The lowest BCUT2D eigenvalue weighted by Gasteiger charge is -2.31. The normalized spacial score (nSPS) is 22.1. The fourth-order valence-corrected chi connectivity index (χ4v) is 3.09. The maximum Gasteiger partial charge on any atom is 0.0368 e. The largest absolute Gasteiger partial charge is 0.369 e. The van der Waals surface area contributed by atoms with Crippen molar-refractivity contribution in [2.45, 2.75) is 64.5 Å². The Morgan fingerprint density at radius 2 is 1.89 bits per heavy atom. The van der Waals surface area contributed by atoms with Gasteiger partial charge in [0.15, 0.2) is 0 Å². The number of rotatable bonds is 4. The molecule has 2 nitrogen and oxygen atoms in total. The number of hydrogen-bond donors (Lipinski definition) is 1. The van der Waals surface area contributed by atoms with Crippen molar-refractivity contribution in [2.75, 3.05) is 11.4 Å². The quantitative estimate of drug-likeness (QED) is 0.876. The minimum Gasteiger partial charge on any atom is -0.369 e. The van der Waals surface area contributed by atoms with Crippen LogP contribution in [0.25, 0.3) is 0 Å². The van der Waals surface area contributed by atoms with Gasteiger partial charge in [0, 0.05) is 24.3 Å². The Labute approximate surface area is 118 Å². The van der Waals surface area contributed by atoms with Crippen LogP contribution in [0.4, 0.5) is 5.69 Å². The van der Waals surface area contributed by atoms with Gasteiger partial charge in [-0.15, -0.1) is 0 Å². The van der Waals surface area contributed by atoms with E-state index < -0.39 is 0 Å². The predicted octanol–water partition coefficient (Wildman–Crippen LogP) is 4.26. The first-order valence-electron chi connectivity index (χ1n) is 7.88. The van der Waals surface area contributed by atoms with E-state index in [0.29, 0.717) is 6.04 Å². The Hall–Kier alpha value is -1.02. The first-order chi connectivity index (χ1) is 9.26. The zero-order chi connectivity index (χ0) is 13.7. The molecule has 1 aliphatic heterocycles. The third-order valence-corrected chi connectivity index (χ3v) is 4.44. The van der Waals surface area contributed by atoms with Crippen LogP contribution in [0, 0.1) is 0 Å². The SMILES string of the molecule is CCC1CCCCCN1c1ccc([C@@H](N)CC)cc1. The molecule has 1 aliphatic rings. The van der Waals surface area contributed by atoms with E-state index in [-0.39, 0.29) is 6.04 Å². The van der Waals surface area contributed by atoms with E-state index in [0.717, 1.165) is 6.42 Å². The molecule has 0 radical (unpaired) electrons. The van der Waals surface area contributed by atoms with Gasteiger partial charge in [0.05, 0.1) is 0 Å². The van der Waals surface area contributed by atoms with Crippen molar-refractivity contribution in [3.8, 4) is 0 Å². The molecule has 1 fully saturated rings. The van der Waals surface area contributed by atoms with Crippen molar-refractivity contribution >= 4 is 5.69 Å². The second-order valence-electron chi connectivity index (χ2n) is 5.71. The lowest BCUT2D eigenvalue weighted by atomic mass is 10.0. The highest BCUT2D eigenvalue weighted by Crippen LogP contribution is 2.27. The Morgan fingerprint density at radius 3 is 2.53 bits per heavy atom. The van der Waals surface area contributed by atoms with E-state index in [4.69, 9.17) is 5.73 Å². The number of anilines is 1. The average molecular weight is 260 g/mol. The molecule has 0 amide bonds. The van der Waals surface area contributed by atoms with Crippen LogP contribution in [-0.2, 0) is 0 Å². The van der Waals surface area contributed by atoms with E-state index >= 15 is 0 Å². The van der Waals surface area contributed by atoms with Crippen molar-refractivity contribution in [3.63, 3.8) is 0 Å². The Bertz CT molecular complexity index is 371. The third-order valence-electron chi connectivity index (χ3n) is 4.44. The van der Waals surface area contributed by atoms with E-state index in [1.807, 2.05) is 0 Å². The Morgan fingerprint density at radius 1 is 1.16 bits per heavy atom. The van der Waals surface area contributed by atoms with Crippen LogP contribution in [0.1, 0.15) is 64.0 Å². The molecule has 1 saturated heterocycles. The lowest BCUT2D eigenvalue weighted by molar-refractivity contribution is 0.556. The van der Waals surface area contributed by atoms with Crippen LogP contribution in [0.3, 0.4) is 0 Å². The van der Waals surface area contributed by atoms with Gasteiger partial charge >= 0.3 is 0 Å². The summed E-state index contributed by atoms with van der Waals surface area (Å²) in [7, 11) is 0. The first kappa shape index (κ1) is 14.4. The van der Waals surface area contributed by atoms with Crippen LogP contribution < -0.4 is 10.6 Å². The summed E-state index contributed by atoms with van der Waals surface area (Å²) in [6, 6.07) is 9.84. The van der Waals surface area contributed by atoms with Crippen molar-refractivity contribution in [3.05, 3.63) is 29.8 Å². The summed E-state index contributed by atoms with van der Waals surface area (Å²) < 4.78 is 0. The predicted molar refractivity (Wildman–Crippen MR) is 83.6 cm³/mol. The van der Waals surface area contributed by atoms with Crippen molar-refractivity contribution in [2.24, 2.45) is 5.73 Å². The molecule has 0 aliphatic carbocycles. The molecule has 2 atom stereocenters. The molecule has 2 rings (SSSR count). The standard InChI is InChI=1S/C17H28N2/c1-3-15-8-6-5-7-13-19(15)16-11-9-14(10-12-16)17(18)4-2/h9-12,15,17H,3-8,13,18H2,1-2H3/t15?,17-/m0/s1. The second kappa shape index (κ2) is 6.95. The average Bonchev–Trinajstić information content (AvgIpc) is 2.71. The van der Waals surface area contributed by atoms with Gasteiger partial charge in [-0.25, -0.2) is 0 Å². The minimum absolute atomic E-state index is 0.181. The van der Waals surface area contributed by atoms with E-state index in [2.05, 4.69) is 43.0 Å². The molecule has 0 bridgehead atoms. The molecule has 2 heteroatoms. The van der Waals surface area contributed by atoms with Crippen LogP contribution in [0.5, 0.6) is 0 Å². The summed E-state index contributed by atoms with van der Waals surface area (Å²) >= 11 is 0.